The summed E-state index contributed by atoms with van der Waals surface area (Å²) >= 11 is 0. The maximum absolute atomic E-state index is 12.7. The van der Waals surface area contributed by atoms with E-state index < -0.39 is 0 Å². The van der Waals surface area contributed by atoms with E-state index in [0.717, 1.165) is 6.54 Å². The third-order valence-electron chi connectivity index (χ3n) is 5.33. The van der Waals surface area contributed by atoms with Crippen LogP contribution >= 0.6 is 0 Å². The molecule has 2 aliphatic heterocycles. The summed E-state index contributed by atoms with van der Waals surface area (Å²) in [7, 11) is 1.91. The smallest absolute Gasteiger partial charge is 0.259 e. The molecule has 5 nitrogen and oxygen atoms in total. The zero-order chi connectivity index (χ0) is 15.7. The SMILES string of the molecule is Cc1noc(C)c1C(=O)N(C)CC1CCCN2CCCCC12. The first-order chi connectivity index (χ1) is 10.6. The lowest BCUT2D eigenvalue weighted by atomic mass is 9.83. The Morgan fingerprint density at radius 2 is 2.05 bits per heavy atom. The first kappa shape index (κ1) is 15.5. The zero-order valence-electron chi connectivity index (χ0n) is 14.0. The van der Waals surface area contributed by atoms with Crippen molar-refractivity contribution in [2.45, 2.75) is 52.0 Å². The molecule has 5 heteroatoms. The van der Waals surface area contributed by atoms with E-state index in [-0.39, 0.29) is 5.91 Å². The molecule has 0 aliphatic carbocycles. The molecule has 3 rings (SSSR count). The quantitative estimate of drug-likeness (QED) is 0.861. The largest absolute Gasteiger partial charge is 0.361 e. The van der Waals surface area contributed by atoms with Crippen molar-refractivity contribution in [3.8, 4) is 0 Å². The number of hydrogen-bond donors (Lipinski definition) is 0. The fourth-order valence-corrected chi connectivity index (χ4v) is 4.20. The minimum Gasteiger partial charge on any atom is -0.361 e. The number of carbonyl (C=O) groups is 1. The number of fused-ring (bicyclic) bond motifs is 1. The molecule has 2 atom stereocenters. The first-order valence-electron chi connectivity index (χ1n) is 8.50. The number of piperidine rings is 2. The van der Waals surface area contributed by atoms with Gasteiger partial charge in [0.1, 0.15) is 11.3 Å². The minimum absolute atomic E-state index is 0.0455. The van der Waals surface area contributed by atoms with Gasteiger partial charge in [0.25, 0.3) is 5.91 Å². The Balaban J connectivity index is 1.68. The third kappa shape index (κ3) is 2.91. The Morgan fingerprint density at radius 3 is 2.77 bits per heavy atom. The number of nitrogens with zero attached hydrogens (tertiary/aromatic N) is 3. The molecular formula is C17H27N3O2. The monoisotopic (exact) mass is 305 g/mol. The number of aryl methyl sites for hydroxylation is 2. The van der Waals surface area contributed by atoms with Crippen LogP contribution in [0.3, 0.4) is 0 Å². The lowest BCUT2D eigenvalue weighted by molar-refractivity contribution is 0.0402. The molecule has 2 fully saturated rings. The van der Waals surface area contributed by atoms with E-state index in [2.05, 4.69) is 10.1 Å². The number of carbonyl (C=O) groups excluding carboxylic acids is 1. The van der Waals surface area contributed by atoms with Gasteiger partial charge in [0.15, 0.2) is 0 Å². The van der Waals surface area contributed by atoms with Gasteiger partial charge >= 0.3 is 0 Å². The summed E-state index contributed by atoms with van der Waals surface area (Å²) in [5, 5.41) is 3.90. The summed E-state index contributed by atoms with van der Waals surface area (Å²) in [5.74, 6) is 1.27. The van der Waals surface area contributed by atoms with Crippen LogP contribution < -0.4 is 0 Å². The van der Waals surface area contributed by atoms with Crippen molar-refractivity contribution in [2.75, 3.05) is 26.7 Å². The summed E-state index contributed by atoms with van der Waals surface area (Å²) in [6, 6.07) is 0.669. The summed E-state index contributed by atoms with van der Waals surface area (Å²) in [6.07, 6.45) is 6.45. The Morgan fingerprint density at radius 1 is 1.27 bits per heavy atom. The van der Waals surface area contributed by atoms with Crippen molar-refractivity contribution in [1.29, 1.82) is 0 Å². The molecule has 0 aromatic carbocycles. The van der Waals surface area contributed by atoms with E-state index in [1.54, 1.807) is 0 Å². The van der Waals surface area contributed by atoms with Gasteiger partial charge in [-0.25, -0.2) is 0 Å². The fraction of sp³-hybridized carbons (Fsp3) is 0.765. The van der Waals surface area contributed by atoms with E-state index in [0.29, 0.717) is 29.0 Å². The fourth-order valence-electron chi connectivity index (χ4n) is 4.20. The highest BCUT2D eigenvalue weighted by Gasteiger charge is 2.34. The highest BCUT2D eigenvalue weighted by molar-refractivity contribution is 5.95. The van der Waals surface area contributed by atoms with Gasteiger partial charge in [-0.3, -0.25) is 4.79 Å². The van der Waals surface area contributed by atoms with Crippen LogP contribution in [0, 0.1) is 19.8 Å². The van der Waals surface area contributed by atoms with Gasteiger partial charge in [0, 0.05) is 19.6 Å². The molecule has 2 saturated heterocycles. The molecule has 22 heavy (non-hydrogen) atoms. The van der Waals surface area contributed by atoms with Gasteiger partial charge in [0.05, 0.1) is 5.69 Å². The Kier molecular flexibility index (Phi) is 4.52. The summed E-state index contributed by atoms with van der Waals surface area (Å²) < 4.78 is 5.14. The van der Waals surface area contributed by atoms with Crippen LogP contribution in [0.1, 0.15) is 53.9 Å². The summed E-state index contributed by atoms with van der Waals surface area (Å²) in [6.45, 7) is 6.96. The van der Waals surface area contributed by atoms with Gasteiger partial charge in [-0.2, -0.15) is 0 Å². The van der Waals surface area contributed by atoms with Gasteiger partial charge in [-0.1, -0.05) is 11.6 Å². The second kappa shape index (κ2) is 6.41. The number of hydrogen-bond acceptors (Lipinski definition) is 4. The number of rotatable bonds is 3. The van der Waals surface area contributed by atoms with Crippen molar-refractivity contribution < 1.29 is 9.32 Å². The molecule has 1 amide bonds. The van der Waals surface area contributed by atoms with Crippen LogP contribution in [0.2, 0.25) is 0 Å². The molecule has 2 aliphatic rings. The average Bonchev–Trinajstić information content (AvgIpc) is 2.86. The molecule has 0 bridgehead atoms. The second-order valence-corrected chi connectivity index (χ2v) is 6.89. The molecule has 0 N–H and O–H groups in total. The van der Waals surface area contributed by atoms with Crippen molar-refractivity contribution >= 4 is 5.91 Å². The van der Waals surface area contributed by atoms with E-state index in [4.69, 9.17) is 4.52 Å². The molecule has 1 aromatic rings. The minimum atomic E-state index is 0.0455. The predicted octanol–water partition coefficient (Wildman–Crippen LogP) is 2.63. The molecule has 0 saturated carbocycles. The molecule has 3 heterocycles. The Labute approximate surface area is 132 Å². The molecule has 122 valence electrons. The molecule has 1 aromatic heterocycles. The standard InChI is InChI=1S/C17H27N3O2/c1-12-16(13(2)22-18-12)17(21)19(3)11-14-7-6-10-20-9-5-4-8-15(14)20/h14-15H,4-11H2,1-3H3. The van der Waals surface area contributed by atoms with Crippen molar-refractivity contribution in [3.63, 3.8) is 0 Å². The van der Waals surface area contributed by atoms with Crippen LogP contribution in [0.25, 0.3) is 0 Å². The second-order valence-electron chi connectivity index (χ2n) is 6.89. The van der Waals surface area contributed by atoms with Crippen molar-refractivity contribution in [3.05, 3.63) is 17.0 Å². The topological polar surface area (TPSA) is 49.6 Å². The average molecular weight is 305 g/mol. The lowest BCUT2D eigenvalue weighted by Gasteiger charge is -2.45. The molecule has 2 unspecified atom stereocenters. The number of aromatic nitrogens is 1. The maximum Gasteiger partial charge on any atom is 0.259 e. The van der Waals surface area contributed by atoms with E-state index in [1.807, 2.05) is 25.8 Å². The highest BCUT2D eigenvalue weighted by atomic mass is 16.5. The van der Waals surface area contributed by atoms with Crippen LogP contribution in [-0.2, 0) is 0 Å². The van der Waals surface area contributed by atoms with E-state index >= 15 is 0 Å². The van der Waals surface area contributed by atoms with Gasteiger partial charge in [-0.05, 0) is 58.5 Å². The number of amides is 1. The Bertz CT molecular complexity index is 519. The Hall–Kier alpha value is -1.36. The highest BCUT2D eigenvalue weighted by Crippen LogP contribution is 2.31. The predicted molar refractivity (Wildman–Crippen MR) is 84.9 cm³/mol. The van der Waals surface area contributed by atoms with Gasteiger partial charge < -0.3 is 14.3 Å². The normalized spacial score (nSPS) is 25.8. The zero-order valence-corrected chi connectivity index (χ0v) is 14.0. The van der Waals surface area contributed by atoms with Crippen molar-refractivity contribution in [1.82, 2.24) is 15.0 Å². The van der Waals surface area contributed by atoms with Gasteiger partial charge in [-0.15, -0.1) is 0 Å². The maximum atomic E-state index is 12.7. The van der Waals surface area contributed by atoms with Crippen LogP contribution in [0.4, 0.5) is 0 Å². The summed E-state index contributed by atoms with van der Waals surface area (Å²) in [4.78, 5) is 17.2. The van der Waals surface area contributed by atoms with E-state index in [1.165, 1.54) is 45.2 Å². The van der Waals surface area contributed by atoms with Crippen molar-refractivity contribution in [2.24, 2.45) is 5.92 Å². The van der Waals surface area contributed by atoms with Crippen LogP contribution in [0.5, 0.6) is 0 Å². The lowest BCUT2D eigenvalue weighted by Crippen LogP contribution is -2.51. The van der Waals surface area contributed by atoms with Crippen LogP contribution in [0.15, 0.2) is 4.52 Å². The molecular weight excluding hydrogens is 278 g/mol. The third-order valence-corrected chi connectivity index (χ3v) is 5.33. The van der Waals surface area contributed by atoms with Gasteiger partial charge in [0.2, 0.25) is 0 Å². The molecule has 0 spiro atoms. The molecule has 0 radical (unpaired) electrons. The first-order valence-corrected chi connectivity index (χ1v) is 8.50. The van der Waals surface area contributed by atoms with Crippen LogP contribution in [-0.4, -0.2) is 53.6 Å². The van der Waals surface area contributed by atoms with E-state index in [9.17, 15) is 4.79 Å². The summed E-state index contributed by atoms with van der Waals surface area (Å²) in [5.41, 5.74) is 1.33.